The van der Waals surface area contributed by atoms with Gasteiger partial charge in [-0.2, -0.15) is 4.98 Å². The number of hydrogen-bond acceptors (Lipinski definition) is 5. The molecular weight excluding hydrogens is 194 g/mol. The molecule has 0 spiro atoms. The van der Waals surface area contributed by atoms with E-state index in [1.807, 2.05) is 6.92 Å². The molecule has 2 unspecified atom stereocenters. The molecule has 0 aliphatic rings. The summed E-state index contributed by atoms with van der Waals surface area (Å²) >= 11 is 0. The van der Waals surface area contributed by atoms with Crippen molar-refractivity contribution in [2.24, 2.45) is 0 Å². The Morgan fingerprint density at radius 2 is 2.20 bits per heavy atom. The summed E-state index contributed by atoms with van der Waals surface area (Å²) < 4.78 is 10.2. The number of methoxy groups -OCH3 is 1. The van der Waals surface area contributed by atoms with Gasteiger partial charge in [0.15, 0.2) is 5.82 Å². The van der Waals surface area contributed by atoms with Gasteiger partial charge in [-0.25, -0.2) is 0 Å². The number of nitrogens with one attached hydrogen (secondary N) is 1. The lowest BCUT2D eigenvalue weighted by Crippen LogP contribution is -2.27. The molecule has 0 bridgehead atoms. The number of likely N-dealkylation sites (N-methyl/N-ethyl adjacent to an activating group) is 1. The van der Waals surface area contributed by atoms with E-state index in [9.17, 15) is 0 Å². The van der Waals surface area contributed by atoms with Crippen LogP contribution in [0.25, 0.3) is 0 Å². The molecule has 1 aromatic heterocycles. The molecule has 1 rings (SSSR count). The molecule has 2 atom stereocenters. The molecule has 0 amide bonds. The van der Waals surface area contributed by atoms with E-state index in [1.165, 1.54) is 0 Å². The van der Waals surface area contributed by atoms with E-state index in [0.717, 1.165) is 13.0 Å². The highest BCUT2D eigenvalue weighted by molar-refractivity contribution is 4.91. The van der Waals surface area contributed by atoms with Crippen LogP contribution in [-0.2, 0) is 11.2 Å². The summed E-state index contributed by atoms with van der Waals surface area (Å²) in [5.74, 6) is 1.26. The minimum atomic E-state index is -0.114. The van der Waals surface area contributed by atoms with Crippen LogP contribution in [0.5, 0.6) is 0 Å². The predicted octanol–water partition coefficient (Wildman–Crippen LogP) is 1.32. The van der Waals surface area contributed by atoms with E-state index in [2.05, 4.69) is 29.3 Å². The lowest BCUT2D eigenvalue weighted by molar-refractivity contribution is 0.109. The maximum Gasteiger partial charge on any atom is 0.228 e. The van der Waals surface area contributed by atoms with Gasteiger partial charge in [-0.05, 0) is 20.4 Å². The van der Waals surface area contributed by atoms with Gasteiger partial charge in [0.1, 0.15) is 6.10 Å². The highest BCUT2D eigenvalue weighted by Crippen LogP contribution is 2.12. The molecular formula is C10H19N3O2. The van der Waals surface area contributed by atoms with Gasteiger partial charge in [-0.15, -0.1) is 0 Å². The van der Waals surface area contributed by atoms with Gasteiger partial charge < -0.3 is 14.6 Å². The van der Waals surface area contributed by atoms with Crippen LogP contribution in [0.15, 0.2) is 4.52 Å². The molecule has 0 saturated carbocycles. The van der Waals surface area contributed by atoms with Crippen LogP contribution in [0.1, 0.15) is 38.6 Å². The van der Waals surface area contributed by atoms with Gasteiger partial charge in [-0.1, -0.05) is 12.1 Å². The smallest absolute Gasteiger partial charge is 0.228 e. The van der Waals surface area contributed by atoms with Crippen LogP contribution in [0.4, 0.5) is 0 Å². The van der Waals surface area contributed by atoms with E-state index in [1.54, 1.807) is 7.11 Å². The fourth-order valence-corrected chi connectivity index (χ4v) is 1.30. The summed E-state index contributed by atoms with van der Waals surface area (Å²) in [5, 5.41) is 7.15. The lowest BCUT2D eigenvalue weighted by atomic mass is 10.2. The lowest BCUT2D eigenvalue weighted by Gasteiger charge is -2.08. The second-order valence-electron chi connectivity index (χ2n) is 3.59. The molecule has 0 aliphatic heterocycles. The normalized spacial score (nSPS) is 15.2. The Balaban J connectivity index is 2.52. The third-order valence-electron chi connectivity index (χ3n) is 2.23. The summed E-state index contributed by atoms with van der Waals surface area (Å²) in [6, 6.07) is 0.348. The van der Waals surface area contributed by atoms with Gasteiger partial charge >= 0.3 is 0 Å². The Morgan fingerprint density at radius 3 is 2.80 bits per heavy atom. The van der Waals surface area contributed by atoms with E-state index in [4.69, 9.17) is 9.26 Å². The largest absolute Gasteiger partial charge is 0.374 e. The van der Waals surface area contributed by atoms with Crippen molar-refractivity contribution < 1.29 is 9.26 Å². The number of nitrogens with zero attached hydrogens (tertiary/aromatic N) is 2. The van der Waals surface area contributed by atoms with Crippen molar-refractivity contribution in [2.45, 2.75) is 39.3 Å². The number of ether oxygens (including phenoxy) is 1. The molecule has 5 nitrogen and oxygen atoms in total. The predicted molar refractivity (Wildman–Crippen MR) is 56.6 cm³/mol. The van der Waals surface area contributed by atoms with Gasteiger partial charge in [-0.3, -0.25) is 0 Å². The summed E-state index contributed by atoms with van der Waals surface area (Å²) in [5.41, 5.74) is 0. The molecule has 5 heteroatoms. The van der Waals surface area contributed by atoms with Crippen LogP contribution in [0, 0.1) is 0 Å². The third kappa shape index (κ3) is 3.60. The third-order valence-corrected chi connectivity index (χ3v) is 2.23. The van der Waals surface area contributed by atoms with Crippen LogP contribution >= 0.6 is 0 Å². The van der Waals surface area contributed by atoms with E-state index >= 15 is 0 Å². The van der Waals surface area contributed by atoms with E-state index < -0.39 is 0 Å². The first kappa shape index (κ1) is 12.1. The van der Waals surface area contributed by atoms with Crippen molar-refractivity contribution in [1.29, 1.82) is 0 Å². The molecule has 0 aliphatic carbocycles. The van der Waals surface area contributed by atoms with Crippen molar-refractivity contribution in [3.8, 4) is 0 Å². The first-order valence-electron chi connectivity index (χ1n) is 5.26. The van der Waals surface area contributed by atoms with Crippen LogP contribution in [-0.4, -0.2) is 29.8 Å². The zero-order valence-corrected chi connectivity index (χ0v) is 9.78. The second kappa shape index (κ2) is 5.82. The SMILES string of the molecule is CCNC(C)Cc1nc(C(C)OC)no1. The standard InChI is InChI=1S/C10H19N3O2/c1-5-11-7(2)6-9-12-10(13-15-9)8(3)14-4/h7-8,11H,5-6H2,1-4H3. The molecule has 15 heavy (non-hydrogen) atoms. The Kier molecular flexibility index (Phi) is 4.71. The highest BCUT2D eigenvalue weighted by atomic mass is 16.5. The molecule has 0 fully saturated rings. The Morgan fingerprint density at radius 1 is 1.47 bits per heavy atom. The summed E-state index contributed by atoms with van der Waals surface area (Å²) in [7, 11) is 1.63. The van der Waals surface area contributed by atoms with Crippen LogP contribution in [0.3, 0.4) is 0 Å². The van der Waals surface area contributed by atoms with E-state index in [-0.39, 0.29) is 6.10 Å². The number of rotatable bonds is 6. The zero-order valence-electron chi connectivity index (χ0n) is 9.78. The van der Waals surface area contributed by atoms with Crippen LogP contribution in [0.2, 0.25) is 0 Å². The maximum atomic E-state index is 5.12. The van der Waals surface area contributed by atoms with Crippen molar-refractivity contribution in [1.82, 2.24) is 15.5 Å². The van der Waals surface area contributed by atoms with Crippen molar-refractivity contribution in [2.75, 3.05) is 13.7 Å². The average molecular weight is 213 g/mol. The average Bonchev–Trinajstić information content (AvgIpc) is 2.65. The molecule has 0 aromatic carbocycles. The minimum absolute atomic E-state index is 0.114. The number of aromatic nitrogens is 2. The van der Waals surface area contributed by atoms with Gasteiger partial charge in [0.05, 0.1) is 0 Å². The van der Waals surface area contributed by atoms with Crippen molar-refractivity contribution in [3.63, 3.8) is 0 Å². The van der Waals surface area contributed by atoms with Crippen LogP contribution < -0.4 is 5.32 Å². The van der Waals surface area contributed by atoms with Crippen molar-refractivity contribution in [3.05, 3.63) is 11.7 Å². The van der Waals surface area contributed by atoms with Gasteiger partial charge in [0.2, 0.25) is 5.89 Å². The molecule has 1 aromatic rings. The first-order chi connectivity index (χ1) is 7.17. The Labute approximate surface area is 90.2 Å². The molecule has 1 heterocycles. The highest BCUT2D eigenvalue weighted by Gasteiger charge is 2.14. The summed E-state index contributed by atoms with van der Waals surface area (Å²) in [4.78, 5) is 4.26. The topological polar surface area (TPSA) is 60.2 Å². The van der Waals surface area contributed by atoms with E-state index in [0.29, 0.717) is 17.8 Å². The number of hydrogen-bond donors (Lipinski definition) is 1. The van der Waals surface area contributed by atoms with Crippen molar-refractivity contribution >= 4 is 0 Å². The molecule has 86 valence electrons. The Bertz CT molecular complexity index is 288. The first-order valence-corrected chi connectivity index (χ1v) is 5.26. The maximum absolute atomic E-state index is 5.12. The fourth-order valence-electron chi connectivity index (χ4n) is 1.30. The molecule has 1 N–H and O–H groups in total. The summed E-state index contributed by atoms with van der Waals surface area (Å²) in [6.45, 7) is 6.99. The molecule has 0 radical (unpaired) electrons. The minimum Gasteiger partial charge on any atom is -0.374 e. The fraction of sp³-hybridized carbons (Fsp3) is 0.800. The quantitative estimate of drug-likeness (QED) is 0.772. The second-order valence-corrected chi connectivity index (χ2v) is 3.59. The molecule has 0 saturated heterocycles. The van der Waals surface area contributed by atoms with Gasteiger partial charge in [0, 0.05) is 19.6 Å². The summed E-state index contributed by atoms with van der Waals surface area (Å²) in [6.07, 6.45) is 0.633. The Hall–Kier alpha value is -0.940. The monoisotopic (exact) mass is 213 g/mol. The van der Waals surface area contributed by atoms with Gasteiger partial charge in [0.25, 0.3) is 0 Å². The zero-order chi connectivity index (χ0) is 11.3.